The van der Waals surface area contributed by atoms with Gasteiger partial charge in [-0.15, -0.1) is 0 Å². The van der Waals surface area contributed by atoms with Crippen LogP contribution in [0.4, 0.5) is 5.95 Å². The van der Waals surface area contributed by atoms with E-state index in [-0.39, 0.29) is 0 Å². The Balaban J connectivity index is 2.14. The number of hydrogen-bond donors (Lipinski definition) is 1. The van der Waals surface area contributed by atoms with Crippen molar-refractivity contribution in [3.8, 4) is 11.5 Å². The number of benzene rings is 1. The third-order valence-corrected chi connectivity index (χ3v) is 3.20. The van der Waals surface area contributed by atoms with E-state index in [9.17, 15) is 0 Å². The summed E-state index contributed by atoms with van der Waals surface area (Å²) >= 11 is 0. The molecule has 3 aromatic rings. The average molecular weight is 273 g/mol. The Kier molecular flexibility index (Phi) is 2.98. The second-order valence-electron chi connectivity index (χ2n) is 4.38. The fourth-order valence-corrected chi connectivity index (χ4v) is 2.20. The van der Waals surface area contributed by atoms with Crippen LogP contribution in [0.1, 0.15) is 5.56 Å². The van der Waals surface area contributed by atoms with Gasteiger partial charge in [-0.1, -0.05) is 0 Å². The van der Waals surface area contributed by atoms with Crippen LogP contribution in [0.15, 0.2) is 35.1 Å². The second-order valence-corrected chi connectivity index (χ2v) is 4.38. The van der Waals surface area contributed by atoms with Crippen LogP contribution in [0, 0.1) is 0 Å². The fraction of sp³-hybridized carbons (Fsp3) is 0.214. The molecule has 2 aromatic heterocycles. The zero-order valence-corrected chi connectivity index (χ0v) is 11.3. The number of hydrogen-bond acceptors (Lipinski definition) is 5. The lowest BCUT2D eigenvalue weighted by Gasteiger charge is -2.09. The number of nitrogens with two attached hydrogens (primary N) is 1. The highest BCUT2D eigenvalue weighted by atomic mass is 16.5. The van der Waals surface area contributed by atoms with E-state index >= 15 is 0 Å². The van der Waals surface area contributed by atoms with Gasteiger partial charge in [-0.3, -0.25) is 0 Å². The van der Waals surface area contributed by atoms with Gasteiger partial charge in [-0.05, 0) is 6.07 Å². The van der Waals surface area contributed by atoms with Crippen LogP contribution in [0.3, 0.4) is 0 Å². The Morgan fingerprint density at radius 3 is 2.65 bits per heavy atom. The number of rotatable bonds is 4. The lowest BCUT2D eigenvalue weighted by atomic mass is 10.2. The minimum Gasteiger partial charge on any atom is -0.493 e. The van der Waals surface area contributed by atoms with Gasteiger partial charge in [0.1, 0.15) is 0 Å². The molecule has 0 saturated heterocycles. The van der Waals surface area contributed by atoms with Crippen LogP contribution >= 0.6 is 0 Å². The minimum atomic E-state index is 0.441. The number of furan rings is 1. The Hall–Kier alpha value is -2.63. The highest BCUT2D eigenvalue weighted by Gasteiger charge is 2.14. The van der Waals surface area contributed by atoms with Crippen molar-refractivity contribution >= 4 is 17.0 Å². The quantitative estimate of drug-likeness (QED) is 0.789. The first-order chi connectivity index (χ1) is 9.72. The van der Waals surface area contributed by atoms with Crippen molar-refractivity contribution in [3.05, 3.63) is 36.3 Å². The van der Waals surface area contributed by atoms with Crippen LogP contribution in [0.25, 0.3) is 11.0 Å². The first-order valence-corrected chi connectivity index (χ1v) is 6.11. The Morgan fingerprint density at radius 2 is 2.00 bits per heavy atom. The Bertz CT molecular complexity index is 732. The molecule has 0 aliphatic heterocycles. The lowest BCUT2D eigenvalue weighted by molar-refractivity contribution is 0.355. The van der Waals surface area contributed by atoms with Crippen LogP contribution in [0.5, 0.6) is 11.5 Å². The third-order valence-electron chi connectivity index (χ3n) is 3.20. The van der Waals surface area contributed by atoms with Gasteiger partial charge >= 0.3 is 0 Å². The molecular formula is C14H15N3O3. The molecule has 0 atom stereocenters. The zero-order chi connectivity index (χ0) is 14.1. The zero-order valence-electron chi connectivity index (χ0n) is 11.3. The number of nitrogens with zero attached hydrogens (tertiary/aromatic N) is 2. The van der Waals surface area contributed by atoms with Gasteiger partial charge < -0.3 is 24.2 Å². The normalized spacial score (nSPS) is 10.9. The van der Waals surface area contributed by atoms with Crippen molar-refractivity contribution in [3.63, 3.8) is 0 Å². The fourth-order valence-electron chi connectivity index (χ4n) is 2.20. The van der Waals surface area contributed by atoms with Gasteiger partial charge in [0.25, 0.3) is 0 Å². The molecule has 0 aliphatic carbocycles. The van der Waals surface area contributed by atoms with Gasteiger partial charge in [0.15, 0.2) is 11.5 Å². The highest BCUT2D eigenvalue weighted by molar-refractivity contribution is 5.82. The number of methoxy groups -OCH3 is 2. The molecule has 6 heteroatoms. The summed E-state index contributed by atoms with van der Waals surface area (Å²) in [4.78, 5) is 4.35. The monoisotopic (exact) mass is 273 g/mol. The predicted octanol–water partition coefficient (Wildman–Crippen LogP) is 2.28. The Morgan fingerprint density at radius 1 is 1.25 bits per heavy atom. The molecule has 0 aliphatic rings. The van der Waals surface area contributed by atoms with Gasteiger partial charge in [0.05, 0.1) is 44.3 Å². The number of nitrogen functional groups attached to an aromatic ring is 1. The van der Waals surface area contributed by atoms with Crippen LogP contribution in [0.2, 0.25) is 0 Å². The Labute approximate surface area is 115 Å². The van der Waals surface area contributed by atoms with Crippen molar-refractivity contribution in [2.45, 2.75) is 6.54 Å². The molecule has 0 amide bonds. The SMILES string of the molecule is COc1cc2nc(N)n(Cc3ccoc3)c2cc1OC. The number of anilines is 1. The van der Waals surface area contributed by atoms with E-state index in [1.165, 1.54) is 0 Å². The number of imidazole rings is 1. The molecule has 0 fully saturated rings. The number of aromatic nitrogens is 2. The van der Waals surface area contributed by atoms with Crippen molar-refractivity contribution in [1.82, 2.24) is 9.55 Å². The van der Waals surface area contributed by atoms with Crippen molar-refractivity contribution < 1.29 is 13.9 Å². The van der Waals surface area contributed by atoms with E-state index < -0.39 is 0 Å². The highest BCUT2D eigenvalue weighted by Crippen LogP contribution is 2.33. The van der Waals surface area contributed by atoms with Gasteiger partial charge in [-0.25, -0.2) is 4.98 Å². The van der Waals surface area contributed by atoms with E-state index in [4.69, 9.17) is 19.6 Å². The summed E-state index contributed by atoms with van der Waals surface area (Å²) in [5.74, 6) is 1.72. The van der Waals surface area contributed by atoms with Crippen LogP contribution in [-0.2, 0) is 6.54 Å². The number of ether oxygens (including phenoxy) is 2. The molecule has 0 unspecified atom stereocenters. The van der Waals surface area contributed by atoms with Crippen LogP contribution in [-0.4, -0.2) is 23.8 Å². The molecule has 0 spiro atoms. The van der Waals surface area contributed by atoms with Gasteiger partial charge in [0, 0.05) is 17.7 Å². The van der Waals surface area contributed by atoms with E-state index in [1.807, 2.05) is 22.8 Å². The summed E-state index contributed by atoms with van der Waals surface area (Å²) in [6, 6.07) is 5.58. The van der Waals surface area contributed by atoms with Crippen molar-refractivity contribution in [2.75, 3.05) is 20.0 Å². The summed E-state index contributed by atoms with van der Waals surface area (Å²) in [6.45, 7) is 0.592. The maximum atomic E-state index is 5.99. The van der Waals surface area contributed by atoms with Crippen molar-refractivity contribution in [2.24, 2.45) is 0 Å². The number of fused-ring (bicyclic) bond motifs is 1. The van der Waals surface area contributed by atoms with Crippen molar-refractivity contribution in [1.29, 1.82) is 0 Å². The smallest absolute Gasteiger partial charge is 0.201 e. The maximum absolute atomic E-state index is 5.99. The summed E-state index contributed by atoms with van der Waals surface area (Å²) in [7, 11) is 3.19. The van der Waals surface area contributed by atoms with E-state index in [0.717, 1.165) is 16.6 Å². The van der Waals surface area contributed by atoms with E-state index in [1.54, 1.807) is 26.7 Å². The first kappa shape index (κ1) is 12.4. The summed E-state index contributed by atoms with van der Waals surface area (Å²) < 4.78 is 17.6. The lowest BCUT2D eigenvalue weighted by Crippen LogP contribution is -2.03. The molecule has 2 heterocycles. The molecular weight excluding hydrogens is 258 g/mol. The first-order valence-electron chi connectivity index (χ1n) is 6.11. The third kappa shape index (κ3) is 1.95. The molecule has 104 valence electrons. The van der Waals surface area contributed by atoms with E-state index in [2.05, 4.69) is 4.98 Å². The largest absolute Gasteiger partial charge is 0.493 e. The van der Waals surface area contributed by atoms with Crippen LogP contribution < -0.4 is 15.2 Å². The predicted molar refractivity (Wildman–Crippen MR) is 75.1 cm³/mol. The van der Waals surface area contributed by atoms with E-state index in [0.29, 0.717) is 24.0 Å². The minimum absolute atomic E-state index is 0.441. The molecule has 20 heavy (non-hydrogen) atoms. The molecule has 6 nitrogen and oxygen atoms in total. The average Bonchev–Trinajstić information content (AvgIpc) is 3.06. The molecule has 3 rings (SSSR count). The summed E-state index contributed by atoms with van der Waals surface area (Å²) in [5, 5.41) is 0. The van der Waals surface area contributed by atoms with Gasteiger partial charge in [0.2, 0.25) is 5.95 Å². The summed E-state index contributed by atoms with van der Waals surface area (Å²) in [6.07, 6.45) is 3.32. The topological polar surface area (TPSA) is 75.4 Å². The molecule has 1 aromatic carbocycles. The second kappa shape index (κ2) is 4.80. The standard InChI is InChI=1S/C14H15N3O3/c1-18-12-5-10-11(6-13(12)19-2)17(14(15)16-10)7-9-3-4-20-8-9/h3-6,8H,7H2,1-2H3,(H2,15,16). The molecule has 0 bridgehead atoms. The maximum Gasteiger partial charge on any atom is 0.201 e. The molecule has 0 radical (unpaired) electrons. The molecule has 0 saturated carbocycles. The summed E-state index contributed by atoms with van der Waals surface area (Å²) in [5.41, 5.74) is 8.67. The molecule has 2 N–H and O–H groups in total. The van der Waals surface area contributed by atoms with Gasteiger partial charge in [-0.2, -0.15) is 0 Å².